The highest BCUT2D eigenvalue weighted by Gasteiger charge is 2.43. The van der Waals surface area contributed by atoms with Gasteiger partial charge in [0, 0.05) is 18.5 Å². The number of hydrogen-bond donors (Lipinski definition) is 2. The van der Waals surface area contributed by atoms with Crippen LogP contribution in [0.3, 0.4) is 0 Å². The maximum absolute atomic E-state index is 14.4. The van der Waals surface area contributed by atoms with Crippen LogP contribution < -0.4 is 10.6 Å². The summed E-state index contributed by atoms with van der Waals surface area (Å²) in [6.45, 7) is 4.60. The van der Waals surface area contributed by atoms with E-state index in [0.29, 0.717) is 0 Å². The van der Waals surface area contributed by atoms with E-state index in [-0.39, 0.29) is 12.0 Å². The normalized spacial score (nSPS) is 39.2. The third kappa shape index (κ3) is 1.72. The van der Waals surface area contributed by atoms with Gasteiger partial charge in [-0.25, -0.2) is 4.39 Å². The van der Waals surface area contributed by atoms with E-state index in [1.54, 1.807) is 6.92 Å². The third-order valence-electron chi connectivity index (χ3n) is 3.60. The summed E-state index contributed by atoms with van der Waals surface area (Å²) in [6.07, 6.45) is 3.12. The molecule has 2 saturated heterocycles. The van der Waals surface area contributed by atoms with Crippen molar-refractivity contribution in [1.82, 2.24) is 10.6 Å². The summed E-state index contributed by atoms with van der Waals surface area (Å²) < 4.78 is 14.4. The zero-order chi connectivity index (χ0) is 9.31. The number of halogens is 1. The Bertz CT molecular complexity index is 152. The van der Waals surface area contributed by atoms with Crippen LogP contribution in [0.25, 0.3) is 0 Å². The molecule has 2 aliphatic heterocycles. The van der Waals surface area contributed by atoms with Crippen molar-refractivity contribution in [2.24, 2.45) is 5.92 Å². The van der Waals surface area contributed by atoms with Crippen molar-refractivity contribution in [3.8, 4) is 0 Å². The molecule has 2 rings (SSSR count). The Morgan fingerprint density at radius 1 is 1.31 bits per heavy atom. The maximum Gasteiger partial charge on any atom is 0.127 e. The summed E-state index contributed by atoms with van der Waals surface area (Å²) in [5.41, 5.74) is -1.01. The first kappa shape index (κ1) is 9.41. The number of nitrogens with one attached hydrogen (secondary N) is 2. The second-order valence-corrected chi connectivity index (χ2v) is 4.49. The van der Waals surface area contributed by atoms with Gasteiger partial charge in [0.2, 0.25) is 0 Å². The Morgan fingerprint density at radius 3 is 2.69 bits per heavy atom. The van der Waals surface area contributed by atoms with Gasteiger partial charge < -0.3 is 10.6 Å². The van der Waals surface area contributed by atoms with Crippen LogP contribution in [0.2, 0.25) is 0 Å². The molecule has 0 radical (unpaired) electrons. The van der Waals surface area contributed by atoms with Crippen LogP contribution in [0.5, 0.6) is 0 Å². The lowest BCUT2D eigenvalue weighted by molar-refractivity contribution is 0.0720. The minimum absolute atomic E-state index is 0.0948. The van der Waals surface area contributed by atoms with Crippen molar-refractivity contribution >= 4 is 0 Å². The molecule has 0 aromatic heterocycles. The van der Waals surface area contributed by atoms with Crippen LogP contribution in [0.4, 0.5) is 4.39 Å². The van der Waals surface area contributed by atoms with Crippen molar-refractivity contribution < 1.29 is 4.39 Å². The summed E-state index contributed by atoms with van der Waals surface area (Å²) in [6, 6.07) is 0.0948. The Morgan fingerprint density at radius 2 is 2.15 bits per heavy atom. The van der Waals surface area contributed by atoms with Gasteiger partial charge in [0.05, 0.1) is 0 Å². The lowest BCUT2D eigenvalue weighted by Gasteiger charge is -2.32. The van der Waals surface area contributed by atoms with Crippen LogP contribution in [0.1, 0.15) is 26.2 Å². The van der Waals surface area contributed by atoms with Crippen LogP contribution in [-0.4, -0.2) is 31.3 Å². The zero-order valence-electron chi connectivity index (χ0n) is 8.28. The monoisotopic (exact) mass is 186 g/mol. The van der Waals surface area contributed by atoms with Gasteiger partial charge >= 0.3 is 0 Å². The molecule has 2 nitrogen and oxygen atoms in total. The Balaban J connectivity index is 1.99. The fourth-order valence-corrected chi connectivity index (χ4v) is 2.59. The summed E-state index contributed by atoms with van der Waals surface area (Å²) in [4.78, 5) is 0. The summed E-state index contributed by atoms with van der Waals surface area (Å²) in [5, 5.41) is 6.51. The smallest absolute Gasteiger partial charge is 0.127 e. The quantitative estimate of drug-likeness (QED) is 0.674. The fourth-order valence-electron chi connectivity index (χ4n) is 2.59. The second kappa shape index (κ2) is 3.54. The molecule has 3 atom stereocenters. The predicted octanol–water partition coefficient (Wildman–Crippen LogP) is 1.08. The predicted molar refractivity (Wildman–Crippen MR) is 51.5 cm³/mol. The van der Waals surface area contributed by atoms with E-state index in [1.165, 1.54) is 0 Å². The third-order valence-corrected chi connectivity index (χ3v) is 3.60. The van der Waals surface area contributed by atoms with E-state index >= 15 is 0 Å². The largest absolute Gasteiger partial charge is 0.316 e. The lowest BCUT2D eigenvalue weighted by Crippen LogP contribution is -2.48. The van der Waals surface area contributed by atoms with E-state index in [4.69, 9.17) is 0 Å². The van der Waals surface area contributed by atoms with E-state index in [1.807, 2.05) is 0 Å². The molecule has 0 saturated carbocycles. The molecule has 0 aromatic carbocycles. The van der Waals surface area contributed by atoms with Crippen molar-refractivity contribution in [2.45, 2.75) is 37.9 Å². The highest BCUT2D eigenvalue weighted by Crippen LogP contribution is 2.33. The molecule has 0 amide bonds. The molecular weight excluding hydrogens is 167 g/mol. The molecule has 13 heavy (non-hydrogen) atoms. The molecule has 2 fully saturated rings. The van der Waals surface area contributed by atoms with E-state index < -0.39 is 5.67 Å². The Hall–Kier alpha value is -0.150. The number of rotatable bonds is 2. The van der Waals surface area contributed by atoms with Crippen molar-refractivity contribution in [1.29, 1.82) is 0 Å². The molecule has 0 spiro atoms. The number of alkyl halides is 1. The van der Waals surface area contributed by atoms with Gasteiger partial charge in [-0.05, 0) is 39.3 Å². The first-order valence-corrected chi connectivity index (χ1v) is 5.34. The highest BCUT2D eigenvalue weighted by molar-refractivity contribution is 4.98. The lowest BCUT2D eigenvalue weighted by atomic mass is 9.83. The molecule has 76 valence electrons. The van der Waals surface area contributed by atoms with Gasteiger partial charge in [0.25, 0.3) is 0 Å². The van der Waals surface area contributed by atoms with E-state index in [9.17, 15) is 4.39 Å². The van der Waals surface area contributed by atoms with Crippen LogP contribution in [-0.2, 0) is 0 Å². The van der Waals surface area contributed by atoms with Crippen molar-refractivity contribution in [2.75, 3.05) is 19.6 Å². The van der Waals surface area contributed by atoms with Gasteiger partial charge in [-0.1, -0.05) is 0 Å². The highest BCUT2D eigenvalue weighted by atomic mass is 19.1. The molecule has 0 aromatic rings. The van der Waals surface area contributed by atoms with Crippen molar-refractivity contribution in [3.63, 3.8) is 0 Å². The standard InChI is InChI=1S/C10H19FN2/c1-10(11,8-4-6-12-7-8)9-3-2-5-13-9/h8-9,12-13H,2-7H2,1H3. The van der Waals surface area contributed by atoms with E-state index in [2.05, 4.69) is 10.6 Å². The summed E-state index contributed by atoms with van der Waals surface area (Å²) in [5.74, 6) is 0.211. The molecule has 2 N–H and O–H groups in total. The summed E-state index contributed by atoms with van der Waals surface area (Å²) in [7, 11) is 0. The molecule has 3 heteroatoms. The Labute approximate surface area is 79.3 Å². The van der Waals surface area contributed by atoms with Gasteiger partial charge in [-0.15, -0.1) is 0 Å². The number of hydrogen-bond acceptors (Lipinski definition) is 2. The molecule has 3 unspecified atom stereocenters. The van der Waals surface area contributed by atoms with Crippen molar-refractivity contribution in [3.05, 3.63) is 0 Å². The van der Waals surface area contributed by atoms with Gasteiger partial charge in [0.1, 0.15) is 5.67 Å². The molecule has 0 bridgehead atoms. The molecular formula is C10H19FN2. The van der Waals surface area contributed by atoms with Gasteiger partial charge in [0.15, 0.2) is 0 Å². The van der Waals surface area contributed by atoms with E-state index in [0.717, 1.165) is 38.9 Å². The SMILES string of the molecule is CC(F)(C1CCNC1)C1CCCN1. The Kier molecular flexibility index (Phi) is 2.56. The second-order valence-electron chi connectivity index (χ2n) is 4.49. The topological polar surface area (TPSA) is 24.1 Å². The van der Waals surface area contributed by atoms with Gasteiger partial charge in [-0.2, -0.15) is 0 Å². The van der Waals surface area contributed by atoms with Gasteiger partial charge in [-0.3, -0.25) is 0 Å². The fraction of sp³-hybridized carbons (Fsp3) is 1.00. The molecule has 0 aliphatic carbocycles. The molecule has 2 heterocycles. The summed E-state index contributed by atoms with van der Waals surface area (Å²) >= 11 is 0. The zero-order valence-corrected chi connectivity index (χ0v) is 8.28. The average Bonchev–Trinajstić information content (AvgIpc) is 2.78. The van der Waals surface area contributed by atoms with Crippen LogP contribution in [0.15, 0.2) is 0 Å². The first-order valence-electron chi connectivity index (χ1n) is 5.34. The minimum Gasteiger partial charge on any atom is -0.316 e. The minimum atomic E-state index is -1.01. The average molecular weight is 186 g/mol. The van der Waals surface area contributed by atoms with Crippen LogP contribution >= 0.6 is 0 Å². The van der Waals surface area contributed by atoms with Crippen LogP contribution in [0, 0.1) is 5.92 Å². The molecule has 2 aliphatic rings. The maximum atomic E-state index is 14.4. The first-order chi connectivity index (χ1) is 6.21.